The third-order valence-corrected chi connectivity index (χ3v) is 3.98. The second kappa shape index (κ2) is 5.85. The van der Waals surface area contributed by atoms with Gasteiger partial charge >= 0.3 is 0 Å². The van der Waals surface area contributed by atoms with Crippen molar-refractivity contribution >= 4 is 0 Å². The quantitative estimate of drug-likeness (QED) is 0.889. The molecule has 1 fully saturated rings. The Hall–Kier alpha value is -0.870. The van der Waals surface area contributed by atoms with Crippen molar-refractivity contribution in [3.05, 3.63) is 18.0 Å². The number of hydrogen-bond donors (Lipinski definition) is 1. The highest BCUT2D eigenvalue weighted by atomic mass is 15.3. The Balaban J connectivity index is 1.92. The van der Waals surface area contributed by atoms with Crippen LogP contribution in [0.3, 0.4) is 0 Å². The minimum atomic E-state index is 0.388. The van der Waals surface area contributed by atoms with Crippen LogP contribution in [0, 0.1) is 5.92 Å². The molecule has 1 aliphatic heterocycles. The highest BCUT2D eigenvalue weighted by Crippen LogP contribution is 2.20. The minimum absolute atomic E-state index is 0.388. The summed E-state index contributed by atoms with van der Waals surface area (Å²) in [7, 11) is 0. The molecule has 0 spiro atoms. The predicted octanol–water partition coefficient (Wildman–Crippen LogP) is 2.02. The van der Waals surface area contributed by atoms with Gasteiger partial charge in [-0.3, -0.25) is 9.58 Å². The molecule has 0 saturated carbocycles. The van der Waals surface area contributed by atoms with E-state index in [4.69, 9.17) is 5.73 Å². The zero-order valence-corrected chi connectivity index (χ0v) is 11.8. The van der Waals surface area contributed by atoms with E-state index in [9.17, 15) is 0 Å². The molecule has 1 aromatic heterocycles. The fourth-order valence-corrected chi connectivity index (χ4v) is 2.68. The van der Waals surface area contributed by atoms with Gasteiger partial charge < -0.3 is 5.73 Å². The van der Waals surface area contributed by atoms with E-state index >= 15 is 0 Å². The minimum Gasteiger partial charge on any atom is -0.327 e. The van der Waals surface area contributed by atoms with Crippen molar-refractivity contribution in [1.29, 1.82) is 0 Å². The van der Waals surface area contributed by atoms with Crippen molar-refractivity contribution in [2.45, 2.75) is 52.2 Å². The number of aromatic nitrogens is 2. The van der Waals surface area contributed by atoms with Crippen molar-refractivity contribution in [2.24, 2.45) is 11.7 Å². The van der Waals surface area contributed by atoms with Crippen LogP contribution in [0.1, 0.15) is 45.3 Å². The molecule has 0 aromatic carbocycles. The summed E-state index contributed by atoms with van der Waals surface area (Å²) in [5, 5.41) is 4.62. The smallest absolute Gasteiger partial charge is 0.0764 e. The fraction of sp³-hybridized carbons (Fsp3) is 0.786. The molecular weight excluding hydrogens is 224 g/mol. The first-order valence-corrected chi connectivity index (χ1v) is 7.12. The van der Waals surface area contributed by atoms with Crippen LogP contribution in [0.2, 0.25) is 0 Å². The molecule has 2 heterocycles. The number of rotatable bonds is 4. The van der Waals surface area contributed by atoms with E-state index in [0.717, 1.165) is 26.1 Å². The topological polar surface area (TPSA) is 47.1 Å². The number of piperidine rings is 1. The Morgan fingerprint density at radius 3 is 2.89 bits per heavy atom. The van der Waals surface area contributed by atoms with Crippen molar-refractivity contribution in [2.75, 3.05) is 13.1 Å². The first-order chi connectivity index (χ1) is 8.60. The average molecular weight is 250 g/mol. The lowest BCUT2D eigenvalue weighted by Gasteiger charge is -2.36. The highest BCUT2D eigenvalue weighted by molar-refractivity contribution is 5.00. The summed E-state index contributed by atoms with van der Waals surface area (Å²) < 4.78 is 2.03. The van der Waals surface area contributed by atoms with Gasteiger partial charge in [0.05, 0.1) is 5.69 Å². The summed E-state index contributed by atoms with van der Waals surface area (Å²) in [5.74, 6) is 0.644. The number of nitrogens with zero attached hydrogens (tertiary/aromatic N) is 3. The van der Waals surface area contributed by atoms with Crippen LogP contribution < -0.4 is 5.73 Å². The van der Waals surface area contributed by atoms with E-state index in [1.807, 2.05) is 4.68 Å². The molecule has 2 rings (SSSR count). The van der Waals surface area contributed by atoms with Crippen LogP contribution in [-0.4, -0.2) is 33.8 Å². The largest absolute Gasteiger partial charge is 0.327 e. The van der Waals surface area contributed by atoms with Gasteiger partial charge in [-0.05, 0) is 32.3 Å². The molecule has 2 atom stereocenters. The molecule has 0 radical (unpaired) electrons. The molecule has 18 heavy (non-hydrogen) atoms. The lowest BCUT2D eigenvalue weighted by Crippen LogP contribution is -2.46. The summed E-state index contributed by atoms with van der Waals surface area (Å²) in [5.41, 5.74) is 7.32. The zero-order chi connectivity index (χ0) is 13.1. The maximum atomic E-state index is 6.14. The normalized spacial score (nSPS) is 25.8. The number of hydrogen-bond acceptors (Lipinski definition) is 3. The molecule has 0 bridgehead atoms. The Morgan fingerprint density at radius 1 is 1.50 bits per heavy atom. The Bertz CT molecular complexity index is 372. The Morgan fingerprint density at radius 2 is 2.28 bits per heavy atom. The molecule has 1 saturated heterocycles. The van der Waals surface area contributed by atoms with Gasteiger partial charge in [0, 0.05) is 37.9 Å². The van der Waals surface area contributed by atoms with E-state index in [1.165, 1.54) is 12.1 Å². The lowest BCUT2D eigenvalue weighted by atomic mass is 9.91. The van der Waals surface area contributed by atoms with Gasteiger partial charge in [-0.25, -0.2) is 0 Å². The van der Waals surface area contributed by atoms with Crippen LogP contribution >= 0.6 is 0 Å². The van der Waals surface area contributed by atoms with Crippen LogP contribution in [0.4, 0.5) is 0 Å². The summed E-state index contributed by atoms with van der Waals surface area (Å²) in [6, 6.07) is 2.96. The van der Waals surface area contributed by atoms with Gasteiger partial charge in [-0.2, -0.15) is 5.10 Å². The predicted molar refractivity (Wildman–Crippen MR) is 74.3 cm³/mol. The lowest BCUT2D eigenvalue weighted by molar-refractivity contribution is 0.143. The molecule has 102 valence electrons. The van der Waals surface area contributed by atoms with Gasteiger partial charge in [-0.1, -0.05) is 13.3 Å². The monoisotopic (exact) mass is 250 g/mol. The first-order valence-electron chi connectivity index (χ1n) is 7.12. The number of nitrogens with two attached hydrogens (primary N) is 1. The second-order valence-corrected chi connectivity index (χ2v) is 5.74. The van der Waals surface area contributed by atoms with Crippen LogP contribution in [0.25, 0.3) is 0 Å². The van der Waals surface area contributed by atoms with E-state index in [1.54, 1.807) is 0 Å². The van der Waals surface area contributed by atoms with Crippen LogP contribution in [0.5, 0.6) is 0 Å². The third kappa shape index (κ3) is 3.12. The van der Waals surface area contributed by atoms with Gasteiger partial charge in [0.25, 0.3) is 0 Å². The van der Waals surface area contributed by atoms with E-state index in [2.05, 4.69) is 43.0 Å². The Labute approximate surface area is 110 Å². The summed E-state index contributed by atoms with van der Waals surface area (Å²) in [6.07, 6.45) is 4.37. The average Bonchev–Trinajstić information content (AvgIpc) is 2.80. The second-order valence-electron chi connectivity index (χ2n) is 5.74. The standard InChI is InChI=1S/C14H26N4/c1-4-12-9-17(7-6-14(12)15)10-13-5-8-18(16-13)11(2)3/h5,8,11-12,14H,4,6-7,9-10,15H2,1-3H3. The third-order valence-electron chi connectivity index (χ3n) is 3.98. The van der Waals surface area contributed by atoms with Crippen molar-refractivity contribution in [3.8, 4) is 0 Å². The molecule has 0 aliphatic carbocycles. The Kier molecular flexibility index (Phi) is 4.40. The van der Waals surface area contributed by atoms with E-state index in [-0.39, 0.29) is 0 Å². The number of likely N-dealkylation sites (tertiary alicyclic amines) is 1. The molecule has 1 aromatic rings. The summed E-state index contributed by atoms with van der Waals surface area (Å²) >= 11 is 0. The first kappa shape index (κ1) is 13.6. The van der Waals surface area contributed by atoms with Crippen LogP contribution in [0.15, 0.2) is 12.3 Å². The molecule has 0 amide bonds. The van der Waals surface area contributed by atoms with Crippen LogP contribution in [-0.2, 0) is 6.54 Å². The maximum absolute atomic E-state index is 6.14. The summed E-state index contributed by atoms with van der Waals surface area (Å²) in [6.45, 7) is 9.73. The van der Waals surface area contributed by atoms with Crippen molar-refractivity contribution < 1.29 is 0 Å². The van der Waals surface area contributed by atoms with Gasteiger partial charge in [0.1, 0.15) is 0 Å². The van der Waals surface area contributed by atoms with Crippen molar-refractivity contribution in [3.63, 3.8) is 0 Å². The summed E-state index contributed by atoms with van der Waals surface area (Å²) in [4.78, 5) is 2.49. The van der Waals surface area contributed by atoms with E-state index < -0.39 is 0 Å². The fourth-order valence-electron chi connectivity index (χ4n) is 2.68. The molecule has 1 aliphatic rings. The maximum Gasteiger partial charge on any atom is 0.0764 e. The van der Waals surface area contributed by atoms with Gasteiger partial charge in [0.15, 0.2) is 0 Å². The SMILES string of the molecule is CCC1CN(Cc2ccn(C(C)C)n2)CCC1N. The van der Waals surface area contributed by atoms with Gasteiger partial charge in [0.2, 0.25) is 0 Å². The van der Waals surface area contributed by atoms with E-state index in [0.29, 0.717) is 18.0 Å². The van der Waals surface area contributed by atoms with Crippen molar-refractivity contribution in [1.82, 2.24) is 14.7 Å². The molecular formula is C14H26N4. The molecule has 2 unspecified atom stereocenters. The zero-order valence-electron chi connectivity index (χ0n) is 11.8. The highest BCUT2D eigenvalue weighted by Gasteiger charge is 2.25. The molecule has 4 nitrogen and oxygen atoms in total. The van der Waals surface area contributed by atoms with Gasteiger partial charge in [-0.15, -0.1) is 0 Å². The molecule has 2 N–H and O–H groups in total. The molecule has 4 heteroatoms.